The number of hydrogen-bond donors (Lipinski definition) is 3. The van der Waals surface area contributed by atoms with Gasteiger partial charge in [-0.15, -0.1) is 0 Å². The number of thioether (sulfide) groups is 1. The monoisotopic (exact) mass is 653 g/mol. The van der Waals surface area contributed by atoms with Crippen LogP contribution in [0.25, 0.3) is 0 Å². The number of esters is 1. The summed E-state index contributed by atoms with van der Waals surface area (Å²) in [6.07, 6.45) is 1.08. The normalized spacial score (nSPS) is 12.7. The number of alkyl carbamates (subject to hydrolysis) is 2. The molecule has 1 rings (SSSR count). The maximum absolute atomic E-state index is 13.3. The van der Waals surface area contributed by atoms with Gasteiger partial charge in [0.25, 0.3) is 0 Å². The lowest BCUT2D eigenvalue weighted by Gasteiger charge is -2.26. The van der Waals surface area contributed by atoms with Gasteiger partial charge in [0.2, 0.25) is 5.91 Å². The van der Waals surface area contributed by atoms with Gasteiger partial charge >= 0.3 is 18.2 Å². The number of methoxy groups -OCH3 is 1. The molecule has 45 heavy (non-hydrogen) atoms. The van der Waals surface area contributed by atoms with Crippen molar-refractivity contribution in [2.75, 3.05) is 26.0 Å². The van der Waals surface area contributed by atoms with Crippen LogP contribution in [-0.4, -0.2) is 72.4 Å². The number of carbonyl (C=O) groups excluding carboxylic acids is 5. The van der Waals surface area contributed by atoms with Crippen molar-refractivity contribution >= 4 is 40.9 Å². The highest BCUT2D eigenvalue weighted by Crippen LogP contribution is 2.18. The van der Waals surface area contributed by atoms with E-state index in [1.54, 1.807) is 72.9 Å². The van der Waals surface area contributed by atoms with Gasteiger partial charge in [-0.1, -0.05) is 23.9 Å². The van der Waals surface area contributed by atoms with Gasteiger partial charge in [-0.2, -0.15) is 0 Å². The molecular weight excluding hydrogens is 602 g/mol. The van der Waals surface area contributed by atoms with Gasteiger partial charge < -0.3 is 34.9 Å². The fourth-order valence-corrected chi connectivity index (χ4v) is 4.61. The molecule has 254 valence electrons. The minimum Gasteiger partial charge on any atom is -0.497 e. The summed E-state index contributed by atoms with van der Waals surface area (Å²) in [4.78, 5) is 62.0. The second-order valence-electron chi connectivity index (χ2n) is 12.5. The lowest BCUT2D eigenvalue weighted by atomic mass is 10.0. The van der Waals surface area contributed by atoms with Crippen LogP contribution in [0.3, 0.4) is 0 Å². The summed E-state index contributed by atoms with van der Waals surface area (Å²) in [6, 6.07) is 6.24. The molecule has 0 saturated carbocycles. The quantitative estimate of drug-likeness (QED) is 0.117. The lowest BCUT2D eigenvalue weighted by Crippen LogP contribution is -2.47. The van der Waals surface area contributed by atoms with Crippen molar-refractivity contribution in [1.29, 1.82) is 0 Å². The highest BCUT2D eigenvalue weighted by atomic mass is 32.2. The van der Waals surface area contributed by atoms with Crippen molar-refractivity contribution < 1.29 is 42.9 Å². The second-order valence-corrected chi connectivity index (χ2v) is 13.7. The Bertz CT molecular complexity index is 1100. The maximum atomic E-state index is 13.3. The zero-order valence-corrected chi connectivity index (χ0v) is 28.7. The van der Waals surface area contributed by atoms with Crippen LogP contribution in [0, 0.1) is 5.92 Å². The van der Waals surface area contributed by atoms with Gasteiger partial charge in [0.15, 0.2) is 5.12 Å². The number of benzene rings is 1. The first kappa shape index (κ1) is 39.5. The fraction of sp³-hybridized carbons (Fsp3) is 0.656. The van der Waals surface area contributed by atoms with Crippen molar-refractivity contribution in [3.05, 3.63) is 29.8 Å². The van der Waals surface area contributed by atoms with Crippen LogP contribution in [-0.2, 0) is 35.2 Å². The second kappa shape index (κ2) is 19.8. The molecule has 0 aliphatic rings. The van der Waals surface area contributed by atoms with E-state index in [4.69, 9.17) is 18.9 Å². The van der Waals surface area contributed by atoms with Gasteiger partial charge in [0.05, 0.1) is 7.11 Å². The molecule has 13 heteroatoms. The third-order valence-electron chi connectivity index (χ3n) is 5.98. The number of rotatable bonds is 17. The highest BCUT2D eigenvalue weighted by Gasteiger charge is 2.29. The Morgan fingerprint density at radius 1 is 0.800 bits per heavy atom. The smallest absolute Gasteiger partial charge is 0.407 e. The van der Waals surface area contributed by atoms with Crippen LogP contribution in [0.1, 0.15) is 86.1 Å². The molecule has 3 amide bonds. The van der Waals surface area contributed by atoms with E-state index in [-0.39, 0.29) is 29.9 Å². The minimum atomic E-state index is -0.908. The minimum absolute atomic E-state index is 0.0965. The third-order valence-corrected chi connectivity index (χ3v) is 6.96. The number of unbranched alkanes of at least 4 members (excludes halogenated alkanes) is 1. The number of nitrogens with one attached hydrogen (secondary N) is 3. The van der Waals surface area contributed by atoms with Gasteiger partial charge in [-0.3, -0.25) is 9.59 Å². The van der Waals surface area contributed by atoms with E-state index in [1.807, 2.05) is 0 Å². The summed E-state index contributed by atoms with van der Waals surface area (Å²) in [5.41, 5.74) is -0.552. The van der Waals surface area contributed by atoms with Crippen molar-refractivity contribution in [3.63, 3.8) is 0 Å². The summed E-state index contributed by atoms with van der Waals surface area (Å²) in [5, 5.41) is 8.04. The van der Waals surface area contributed by atoms with E-state index in [2.05, 4.69) is 16.0 Å². The van der Waals surface area contributed by atoms with E-state index in [1.165, 1.54) is 6.92 Å². The van der Waals surface area contributed by atoms with Gasteiger partial charge in [-0.05, 0) is 91.3 Å². The average molecular weight is 654 g/mol. The summed E-state index contributed by atoms with van der Waals surface area (Å²) < 4.78 is 21.1. The van der Waals surface area contributed by atoms with E-state index < -0.39 is 41.3 Å². The first-order chi connectivity index (χ1) is 21.0. The molecule has 3 N–H and O–H groups in total. The van der Waals surface area contributed by atoms with Crippen LogP contribution >= 0.6 is 11.8 Å². The summed E-state index contributed by atoms with van der Waals surface area (Å²) >= 11 is 1.03. The van der Waals surface area contributed by atoms with Crippen molar-refractivity contribution in [2.45, 2.75) is 104 Å². The number of ether oxygens (including phenoxy) is 4. The SMILES string of the molecule is COc1ccc(COC(=O)NCCCC(CSC(C)=O)C(=O)N[C@@H](CCCCNC(=O)OC(C)(C)C)C(=O)OC(C)(C)C)cc1. The Morgan fingerprint density at radius 3 is 1.98 bits per heavy atom. The molecule has 0 spiro atoms. The number of carbonyl (C=O) groups is 5. The van der Waals surface area contributed by atoms with Gasteiger partial charge in [0, 0.05) is 31.7 Å². The van der Waals surface area contributed by atoms with E-state index in [9.17, 15) is 24.0 Å². The Morgan fingerprint density at radius 2 is 1.40 bits per heavy atom. The molecule has 0 heterocycles. The molecule has 0 saturated heterocycles. The van der Waals surface area contributed by atoms with Crippen LogP contribution < -0.4 is 20.7 Å². The van der Waals surface area contributed by atoms with E-state index in [0.29, 0.717) is 44.4 Å². The highest BCUT2D eigenvalue weighted by molar-refractivity contribution is 8.13. The number of hydrogen-bond acceptors (Lipinski definition) is 10. The van der Waals surface area contributed by atoms with E-state index in [0.717, 1.165) is 17.3 Å². The molecule has 0 fully saturated rings. The molecule has 1 unspecified atom stereocenters. The summed E-state index contributed by atoms with van der Waals surface area (Å²) in [5.74, 6) is -0.600. The first-order valence-corrected chi connectivity index (χ1v) is 16.1. The van der Waals surface area contributed by atoms with Gasteiger partial charge in [0.1, 0.15) is 29.6 Å². The lowest BCUT2D eigenvalue weighted by molar-refractivity contribution is -0.159. The molecule has 1 aromatic carbocycles. The topological polar surface area (TPSA) is 158 Å². The Kier molecular flexibility index (Phi) is 17.4. The molecule has 0 bridgehead atoms. The summed E-state index contributed by atoms with van der Waals surface area (Å²) in [6.45, 7) is 12.7. The average Bonchev–Trinajstić information content (AvgIpc) is 2.92. The zero-order valence-electron chi connectivity index (χ0n) is 27.9. The zero-order chi connectivity index (χ0) is 34.0. The maximum Gasteiger partial charge on any atom is 0.407 e. The molecular formula is C32H51N3O9S. The molecule has 12 nitrogen and oxygen atoms in total. The third kappa shape index (κ3) is 19.5. The predicted octanol–water partition coefficient (Wildman–Crippen LogP) is 5.12. The summed E-state index contributed by atoms with van der Waals surface area (Å²) in [7, 11) is 1.57. The number of amides is 3. The van der Waals surface area contributed by atoms with E-state index >= 15 is 0 Å². The Hall–Kier alpha value is -3.48. The van der Waals surface area contributed by atoms with Crippen LogP contribution in [0.5, 0.6) is 5.75 Å². The molecule has 0 aliphatic carbocycles. The molecule has 0 aliphatic heterocycles. The molecule has 1 aromatic rings. The fourth-order valence-electron chi connectivity index (χ4n) is 3.86. The molecule has 2 atom stereocenters. The van der Waals surface area contributed by atoms with Gasteiger partial charge in [-0.25, -0.2) is 14.4 Å². The largest absolute Gasteiger partial charge is 0.497 e. The molecule has 0 aromatic heterocycles. The van der Waals surface area contributed by atoms with Crippen molar-refractivity contribution in [1.82, 2.24) is 16.0 Å². The van der Waals surface area contributed by atoms with Crippen LogP contribution in [0.2, 0.25) is 0 Å². The molecule has 0 radical (unpaired) electrons. The standard InChI is InChI=1S/C32H51N3O9S/c1-22(36)45-21-24(12-11-19-33-29(39)42-20-23-14-16-25(41-8)17-15-23)27(37)35-26(28(38)43-31(2,3)4)13-9-10-18-34-30(40)44-32(5,6)7/h14-17,24,26H,9-13,18-21H2,1-8H3,(H,33,39)(H,34,40)(H,35,37)/t24?,26-/m0/s1. The predicted molar refractivity (Wildman–Crippen MR) is 173 cm³/mol. The Balaban J connectivity index is 2.68. The van der Waals surface area contributed by atoms with Crippen LogP contribution in [0.4, 0.5) is 9.59 Å². The van der Waals surface area contributed by atoms with Crippen molar-refractivity contribution in [3.8, 4) is 5.75 Å². The van der Waals surface area contributed by atoms with Crippen LogP contribution in [0.15, 0.2) is 24.3 Å². The van der Waals surface area contributed by atoms with Crippen molar-refractivity contribution in [2.24, 2.45) is 5.92 Å². The first-order valence-electron chi connectivity index (χ1n) is 15.2. The Labute approximate surface area is 271 Å².